The van der Waals surface area contributed by atoms with Crippen LogP contribution < -0.4 is 10.2 Å². The molecule has 0 aliphatic carbocycles. The van der Waals surface area contributed by atoms with Crippen LogP contribution in [0.15, 0.2) is 12.4 Å². The van der Waals surface area contributed by atoms with Gasteiger partial charge in [-0.3, -0.25) is 0 Å². The van der Waals surface area contributed by atoms with Gasteiger partial charge in [0.05, 0.1) is 0 Å². The first kappa shape index (κ1) is 13.7. The summed E-state index contributed by atoms with van der Waals surface area (Å²) in [6.45, 7) is 8.48. The molecule has 0 atom stereocenters. The Bertz CT molecular complexity index is 322. The first-order valence-corrected chi connectivity index (χ1v) is 6.13. The Morgan fingerprint density at radius 3 is 2.47 bits per heavy atom. The number of likely N-dealkylation sites (N-methyl/N-ethyl adjacent to an activating group) is 1. The standard InChI is InChI=1S/C12H23N5/c1-5-17(6-2)8-7-13-11-9-12(16(3)4)15-10-14-11/h9-10H,5-8H2,1-4H3,(H,13,14,15). The lowest BCUT2D eigenvalue weighted by atomic mass is 10.4. The molecular weight excluding hydrogens is 214 g/mol. The van der Waals surface area contributed by atoms with Gasteiger partial charge in [-0.1, -0.05) is 13.8 Å². The van der Waals surface area contributed by atoms with Crippen LogP contribution in [0.3, 0.4) is 0 Å². The molecule has 0 spiro atoms. The number of hydrogen-bond acceptors (Lipinski definition) is 5. The molecule has 0 unspecified atom stereocenters. The number of hydrogen-bond donors (Lipinski definition) is 1. The van der Waals surface area contributed by atoms with Crippen LogP contribution in [0.25, 0.3) is 0 Å². The van der Waals surface area contributed by atoms with Gasteiger partial charge in [-0.05, 0) is 13.1 Å². The maximum atomic E-state index is 4.20. The smallest absolute Gasteiger partial charge is 0.133 e. The van der Waals surface area contributed by atoms with E-state index in [9.17, 15) is 0 Å². The molecule has 0 radical (unpaired) electrons. The fourth-order valence-electron chi connectivity index (χ4n) is 1.57. The first-order chi connectivity index (χ1) is 8.17. The molecule has 96 valence electrons. The lowest BCUT2D eigenvalue weighted by Crippen LogP contribution is -2.28. The molecule has 0 aromatic carbocycles. The van der Waals surface area contributed by atoms with Crippen molar-refractivity contribution in [2.45, 2.75) is 13.8 Å². The summed E-state index contributed by atoms with van der Waals surface area (Å²) in [5, 5.41) is 3.32. The van der Waals surface area contributed by atoms with Crippen LogP contribution in [-0.4, -0.2) is 55.1 Å². The van der Waals surface area contributed by atoms with Gasteiger partial charge in [0.1, 0.15) is 18.0 Å². The second-order valence-electron chi connectivity index (χ2n) is 4.11. The maximum absolute atomic E-state index is 4.20. The first-order valence-electron chi connectivity index (χ1n) is 6.13. The largest absolute Gasteiger partial charge is 0.369 e. The van der Waals surface area contributed by atoms with Gasteiger partial charge in [0.25, 0.3) is 0 Å². The summed E-state index contributed by atoms with van der Waals surface area (Å²) in [6, 6.07) is 1.96. The van der Waals surface area contributed by atoms with Gasteiger partial charge in [0.15, 0.2) is 0 Å². The zero-order valence-corrected chi connectivity index (χ0v) is 11.3. The van der Waals surface area contributed by atoms with E-state index in [0.717, 1.165) is 37.8 Å². The minimum atomic E-state index is 0.885. The Balaban J connectivity index is 2.43. The van der Waals surface area contributed by atoms with Crippen molar-refractivity contribution in [2.24, 2.45) is 0 Å². The van der Waals surface area contributed by atoms with Gasteiger partial charge >= 0.3 is 0 Å². The van der Waals surface area contributed by atoms with Gasteiger partial charge in [0.2, 0.25) is 0 Å². The van der Waals surface area contributed by atoms with Crippen molar-refractivity contribution in [3.63, 3.8) is 0 Å². The van der Waals surface area contributed by atoms with Crippen molar-refractivity contribution in [3.8, 4) is 0 Å². The minimum absolute atomic E-state index is 0.885. The van der Waals surface area contributed by atoms with Gasteiger partial charge in [-0.2, -0.15) is 0 Å². The van der Waals surface area contributed by atoms with Crippen LogP contribution in [0.2, 0.25) is 0 Å². The Kier molecular flexibility index (Phi) is 5.69. The molecule has 1 aromatic heterocycles. The van der Waals surface area contributed by atoms with Gasteiger partial charge < -0.3 is 15.1 Å². The highest BCUT2D eigenvalue weighted by molar-refractivity contribution is 5.47. The quantitative estimate of drug-likeness (QED) is 0.774. The fourth-order valence-corrected chi connectivity index (χ4v) is 1.57. The van der Waals surface area contributed by atoms with Crippen LogP contribution >= 0.6 is 0 Å². The third kappa shape index (κ3) is 4.56. The number of anilines is 2. The van der Waals surface area contributed by atoms with E-state index in [0.29, 0.717) is 0 Å². The van der Waals surface area contributed by atoms with Crippen molar-refractivity contribution in [2.75, 3.05) is 50.5 Å². The Labute approximate surface area is 104 Å². The molecule has 17 heavy (non-hydrogen) atoms. The molecule has 5 heteroatoms. The van der Waals surface area contributed by atoms with Crippen molar-refractivity contribution >= 4 is 11.6 Å². The van der Waals surface area contributed by atoms with E-state index in [1.54, 1.807) is 6.33 Å². The molecular formula is C12H23N5. The highest BCUT2D eigenvalue weighted by Crippen LogP contribution is 2.10. The minimum Gasteiger partial charge on any atom is -0.369 e. The molecule has 0 aliphatic heterocycles. The topological polar surface area (TPSA) is 44.3 Å². The van der Waals surface area contributed by atoms with Crippen molar-refractivity contribution in [1.29, 1.82) is 0 Å². The maximum Gasteiger partial charge on any atom is 0.133 e. The average molecular weight is 237 g/mol. The van der Waals surface area contributed by atoms with Gasteiger partial charge in [0, 0.05) is 33.3 Å². The summed E-state index contributed by atoms with van der Waals surface area (Å²) in [6.07, 6.45) is 1.59. The molecule has 0 aliphatic rings. The predicted octanol–water partition coefficient (Wildman–Crippen LogP) is 1.30. The fraction of sp³-hybridized carbons (Fsp3) is 0.667. The summed E-state index contributed by atoms with van der Waals surface area (Å²) in [5.41, 5.74) is 0. The summed E-state index contributed by atoms with van der Waals surface area (Å²) < 4.78 is 0. The molecule has 5 nitrogen and oxygen atoms in total. The molecule has 1 rings (SSSR count). The van der Waals surface area contributed by atoms with Gasteiger partial charge in [-0.25, -0.2) is 9.97 Å². The predicted molar refractivity (Wildman–Crippen MR) is 72.6 cm³/mol. The van der Waals surface area contributed by atoms with E-state index in [4.69, 9.17) is 0 Å². The van der Waals surface area contributed by atoms with Crippen LogP contribution in [0, 0.1) is 0 Å². The highest BCUT2D eigenvalue weighted by atomic mass is 15.2. The second kappa shape index (κ2) is 7.06. The average Bonchev–Trinajstić information content (AvgIpc) is 2.35. The van der Waals surface area contributed by atoms with Crippen LogP contribution in [-0.2, 0) is 0 Å². The van der Waals surface area contributed by atoms with E-state index in [1.165, 1.54) is 0 Å². The second-order valence-corrected chi connectivity index (χ2v) is 4.11. The summed E-state index contributed by atoms with van der Waals surface area (Å²) >= 11 is 0. The third-order valence-corrected chi connectivity index (χ3v) is 2.74. The summed E-state index contributed by atoms with van der Waals surface area (Å²) in [5.74, 6) is 1.81. The molecule has 0 bridgehead atoms. The monoisotopic (exact) mass is 237 g/mol. The Morgan fingerprint density at radius 1 is 1.18 bits per heavy atom. The SMILES string of the molecule is CCN(CC)CCNc1cc(N(C)C)ncn1. The zero-order chi connectivity index (χ0) is 12.7. The normalized spacial score (nSPS) is 10.6. The molecule has 0 amide bonds. The highest BCUT2D eigenvalue weighted by Gasteiger charge is 2.01. The number of aromatic nitrogens is 2. The van der Waals surface area contributed by atoms with E-state index in [1.807, 2.05) is 25.1 Å². The van der Waals surface area contributed by atoms with Crippen molar-refractivity contribution in [3.05, 3.63) is 12.4 Å². The van der Waals surface area contributed by atoms with E-state index < -0.39 is 0 Å². The van der Waals surface area contributed by atoms with Gasteiger partial charge in [-0.15, -0.1) is 0 Å². The Hall–Kier alpha value is -1.36. The lowest BCUT2D eigenvalue weighted by Gasteiger charge is -2.18. The molecule has 0 fully saturated rings. The van der Waals surface area contributed by atoms with Crippen LogP contribution in [0.5, 0.6) is 0 Å². The number of rotatable bonds is 7. The lowest BCUT2D eigenvalue weighted by molar-refractivity contribution is 0.316. The van der Waals surface area contributed by atoms with Crippen molar-refractivity contribution < 1.29 is 0 Å². The number of nitrogens with zero attached hydrogens (tertiary/aromatic N) is 4. The Morgan fingerprint density at radius 2 is 1.88 bits per heavy atom. The molecule has 1 heterocycles. The summed E-state index contributed by atoms with van der Waals surface area (Å²) in [4.78, 5) is 12.7. The molecule has 0 saturated carbocycles. The molecule has 1 aromatic rings. The van der Waals surface area contributed by atoms with Crippen LogP contribution in [0.1, 0.15) is 13.8 Å². The van der Waals surface area contributed by atoms with E-state index in [-0.39, 0.29) is 0 Å². The molecule has 0 saturated heterocycles. The summed E-state index contributed by atoms with van der Waals surface area (Å²) in [7, 11) is 3.95. The van der Waals surface area contributed by atoms with Crippen LogP contribution in [0.4, 0.5) is 11.6 Å². The van der Waals surface area contributed by atoms with E-state index in [2.05, 4.69) is 34.0 Å². The zero-order valence-electron chi connectivity index (χ0n) is 11.3. The third-order valence-electron chi connectivity index (χ3n) is 2.74. The number of nitrogens with one attached hydrogen (secondary N) is 1. The van der Waals surface area contributed by atoms with E-state index >= 15 is 0 Å². The molecule has 1 N–H and O–H groups in total. The van der Waals surface area contributed by atoms with Crippen molar-refractivity contribution in [1.82, 2.24) is 14.9 Å².